The van der Waals surface area contributed by atoms with Crippen LogP contribution in [0.1, 0.15) is 28.8 Å². The third kappa shape index (κ3) is 2.98. The highest BCUT2D eigenvalue weighted by molar-refractivity contribution is 6.07. The lowest BCUT2D eigenvalue weighted by Crippen LogP contribution is -2.44. The Hall–Kier alpha value is -3.02. The van der Waals surface area contributed by atoms with Gasteiger partial charge in [-0.3, -0.25) is 9.59 Å². The molecule has 1 fully saturated rings. The minimum Gasteiger partial charge on any atom is -0.371 e. The number of carbonyl (C=O) groups is 1. The number of piperidine rings is 1. The molecule has 1 aliphatic heterocycles. The van der Waals surface area contributed by atoms with E-state index in [1.54, 1.807) is 12.4 Å². The summed E-state index contributed by atoms with van der Waals surface area (Å²) < 4.78 is 0. The second kappa shape index (κ2) is 6.71. The minimum absolute atomic E-state index is 0.122. The van der Waals surface area contributed by atoms with Crippen molar-refractivity contribution in [2.24, 2.45) is 0 Å². The molecule has 0 unspecified atom stereocenters. The van der Waals surface area contributed by atoms with E-state index in [0.717, 1.165) is 37.0 Å². The molecule has 0 aliphatic carbocycles. The number of aromatic nitrogens is 2. The van der Waals surface area contributed by atoms with Crippen molar-refractivity contribution in [2.75, 3.05) is 18.0 Å². The molecule has 1 aliphatic rings. The summed E-state index contributed by atoms with van der Waals surface area (Å²) in [6.45, 7) is 3.71. The first kappa shape index (κ1) is 16.4. The SMILES string of the molecule is Cc1c[nH]c(=O)c2c(C(=O)NC3CCN(c4ccccc4)CC3)c[nH]c12. The van der Waals surface area contributed by atoms with Crippen molar-refractivity contribution in [1.29, 1.82) is 0 Å². The van der Waals surface area contributed by atoms with Crippen LogP contribution in [0.4, 0.5) is 5.69 Å². The number of fused-ring (bicyclic) bond motifs is 1. The molecule has 3 heterocycles. The van der Waals surface area contributed by atoms with E-state index >= 15 is 0 Å². The number of benzene rings is 1. The monoisotopic (exact) mass is 350 g/mol. The van der Waals surface area contributed by atoms with Gasteiger partial charge in [-0.25, -0.2) is 0 Å². The first-order valence-corrected chi connectivity index (χ1v) is 8.93. The molecule has 0 radical (unpaired) electrons. The van der Waals surface area contributed by atoms with Crippen LogP contribution in [0.3, 0.4) is 0 Å². The van der Waals surface area contributed by atoms with Gasteiger partial charge in [0.05, 0.1) is 16.5 Å². The van der Waals surface area contributed by atoms with E-state index in [2.05, 4.69) is 32.3 Å². The van der Waals surface area contributed by atoms with Gasteiger partial charge in [0.1, 0.15) is 0 Å². The van der Waals surface area contributed by atoms with Crippen LogP contribution in [0.25, 0.3) is 10.9 Å². The summed E-state index contributed by atoms with van der Waals surface area (Å²) in [6.07, 6.45) is 5.06. The maximum Gasteiger partial charge on any atom is 0.258 e. The van der Waals surface area contributed by atoms with E-state index in [1.165, 1.54) is 5.69 Å². The van der Waals surface area contributed by atoms with Crippen LogP contribution in [0.15, 0.2) is 47.5 Å². The minimum atomic E-state index is -0.240. The van der Waals surface area contributed by atoms with E-state index in [9.17, 15) is 9.59 Å². The predicted octanol–water partition coefficient (Wildman–Crippen LogP) is 2.56. The molecule has 1 amide bonds. The number of amides is 1. The van der Waals surface area contributed by atoms with Crippen molar-refractivity contribution < 1.29 is 4.79 Å². The summed E-state index contributed by atoms with van der Waals surface area (Å²) in [4.78, 5) is 32.9. The van der Waals surface area contributed by atoms with E-state index in [-0.39, 0.29) is 17.5 Å². The van der Waals surface area contributed by atoms with Gasteiger partial charge in [0.2, 0.25) is 0 Å². The summed E-state index contributed by atoms with van der Waals surface area (Å²) >= 11 is 0. The fourth-order valence-electron chi connectivity index (χ4n) is 3.65. The number of para-hydroxylation sites is 1. The normalized spacial score (nSPS) is 15.3. The van der Waals surface area contributed by atoms with E-state index < -0.39 is 0 Å². The molecule has 0 atom stereocenters. The topological polar surface area (TPSA) is 81.0 Å². The maximum absolute atomic E-state index is 12.7. The number of rotatable bonds is 3. The van der Waals surface area contributed by atoms with Crippen molar-refractivity contribution in [3.05, 3.63) is 64.2 Å². The molecule has 6 heteroatoms. The molecule has 0 saturated carbocycles. The molecule has 0 spiro atoms. The third-order valence-corrected chi connectivity index (χ3v) is 5.12. The predicted molar refractivity (Wildman–Crippen MR) is 103 cm³/mol. The Bertz CT molecular complexity index is 982. The molecule has 1 aromatic carbocycles. The quantitative estimate of drug-likeness (QED) is 0.679. The third-order valence-electron chi connectivity index (χ3n) is 5.12. The van der Waals surface area contributed by atoms with Crippen LogP contribution in [0, 0.1) is 6.92 Å². The second-order valence-electron chi connectivity index (χ2n) is 6.82. The highest BCUT2D eigenvalue weighted by atomic mass is 16.2. The number of hydrogen-bond acceptors (Lipinski definition) is 3. The smallest absolute Gasteiger partial charge is 0.258 e. The van der Waals surface area contributed by atoms with Gasteiger partial charge in [-0.2, -0.15) is 0 Å². The number of aryl methyl sites for hydroxylation is 1. The number of H-pyrrole nitrogens is 2. The molecule has 26 heavy (non-hydrogen) atoms. The summed E-state index contributed by atoms with van der Waals surface area (Å²) in [5.41, 5.74) is 3.02. The summed E-state index contributed by atoms with van der Waals surface area (Å²) in [5.74, 6) is -0.189. The van der Waals surface area contributed by atoms with Crippen molar-refractivity contribution in [3.63, 3.8) is 0 Å². The molecule has 6 nitrogen and oxygen atoms in total. The lowest BCUT2D eigenvalue weighted by Gasteiger charge is -2.33. The lowest BCUT2D eigenvalue weighted by atomic mass is 10.0. The van der Waals surface area contributed by atoms with Gasteiger partial charge in [0.15, 0.2) is 0 Å². The first-order chi connectivity index (χ1) is 12.6. The number of nitrogens with zero attached hydrogens (tertiary/aromatic N) is 1. The van der Waals surface area contributed by atoms with E-state index in [1.807, 2.05) is 25.1 Å². The molecular formula is C20H22N4O2. The molecule has 4 rings (SSSR count). The Morgan fingerprint density at radius 1 is 1.12 bits per heavy atom. The van der Waals surface area contributed by atoms with Crippen molar-refractivity contribution in [2.45, 2.75) is 25.8 Å². The molecule has 3 N–H and O–H groups in total. The zero-order chi connectivity index (χ0) is 18.1. The number of anilines is 1. The van der Waals surface area contributed by atoms with Crippen LogP contribution in [-0.4, -0.2) is 35.0 Å². The molecule has 3 aromatic rings. The first-order valence-electron chi connectivity index (χ1n) is 8.93. The van der Waals surface area contributed by atoms with Crippen LogP contribution in [0.5, 0.6) is 0 Å². The zero-order valence-corrected chi connectivity index (χ0v) is 14.7. The van der Waals surface area contributed by atoms with Gasteiger partial charge in [-0.1, -0.05) is 18.2 Å². The average Bonchev–Trinajstić information content (AvgIpc) is 3.13. The Morgan fingerprint density at radius 2 is 1.85 bits per heavy atom. The van der Waals surface area contributed by atoms with Gasteiger partial charge < -0.3 is 20.2 Å². The van der Waals surface area contributed by atoms with Crippen LogP contribution in [0.2, 0.25) is 0 Å². The van der Waals surface area contributed by atoms with Gasteiger partial charge in [-0.15, -0.1) is 0 Å². The lowest BCUT2D eigenvalue weighted by molar-refractivity contribution is 0.0933. The van der Waals surface area contributed by atoms with Crippen molar-refractivity contribution in [1.82, 2.24) is 15.3 Å². The summed E-state index contributed by atoms with van der Waals surface area (Å²) in [7, 11) is 0. The largest absolute Gasteiger partial charge is 0.371 e. The van der Waals surface area contributed by atoms with Crippen LogP contribution >= 0.6 is 0 Å². The average molecular weight is 350 g/mol. The number of aromatic amines is 2. The highest BCUT2D eigenvalue weighted by Gasteiger charge is 2.23. The second-order valence-corrected chi connectivity index (χ2v) is 6.82. The Balaban J connectivity index is 1.45. The fraction of sp³-hybridized carbons (Fsp3) is 0.300. The van der Waals surface area contributed by atoms with Gasteiger partial charge in [0.25, 0.3) is 11.5 Å². The van der Waals surface area contributed by atoms with E-state index in [0.29, 0.717) is 10.9 Å². The Kier molecular flexibility index (Phi) is 4.24. The van der Waals surface area contributed by atoms with E-state index in [4.69, 9.17) is 0 Å². The zero-order valence-electron chi connectivity index (χ0n) is 14.7. The number of pyridine rings is 1. The van der Waals surface area contributed by atoms with Crippen LogP contribution < -0.4 is 15.8 Å². The van der Waals surface area contributed by atoms with Gasteiger partial charge in [0, 0.05) is 37.2 Å². The molecule has 2 aromatic heterocycles. The standard InChI is InChI=1S/C20H22N4O2/c1-13-11-22-20(26)17-16(12-21-18(13)17)19(25)23-14-7-9-24(10-8-14)15-5-3-2-4-6-15/h2-6,11-12,14,21H,7-10H2,1H3,(H,22,26)(H,23,25). The number of carbonyl (C=O) groups excluding carboxylic acids is 1. The Morgan fingerprint density at radius 3 is 2.58 bits per heavy atom. The summed E-state index contributed by atoms with van der Waals surface area (Å²) in [6, 6.07) is 10.4. The van der Waals surface area contributed by atoms with Gasteiger partial charge >= 0.3 is 0 Å². The van der Waals surface area contributed by atoms with Crippen LogP contribution in [-0.2, 0) is 0 Å². The molecule has 0 bridgehead atoms. The summed E-state index contributed by atoms with van der Waals surface area (Å²) in [5, 5.41) is 3.53. The number of nitrogens with one attached hydrogen (secondary N) is 3. The fourth-order valence-corrected chi connectivity index (χ4v) is 3.65. The molecule has 134 valence electrons. The van der Waals surface area contributed by atoms with Gasteiger partial charge in [-0.05, 0) is 37.5 Å². The Labute approximate surface area is 151 Å². The molecular weight excluding hydrogens is 328 g/mol. The van der Waals surface area contributed by atoms with Crippen molar-refractivity contribution in [3.8, 4) is 0 Å². The molecule has 1 saturated heterocycles. The van der Waals surface area contributed by atoms with Crippen molar-refractivity contribution >= 4 is 22.5 Å². The maximum atomic E-state index is 12.7. The number of hydrogen-bond donors (Lipinski definition) is 3. The highest BCUT2D eigenvalue weighted by Crippen LogP contribution is 2.21.